The lowest BCUT2D eigenvalue weighted by atomic mass is 9.91. The highest BCUT2D eigenvalue weighted by Crippen LogP contribution is 2.34. The molecule has 0 saturated carbocycles. The van der Waals surface area contributed by atoms with Crippen LogP contribution in [-0.4, -0.2) is 30.5 Å². The van der Waals surface area contributed by atoms with E-state index in [1.807, 2.05) is 0 Å². The second kappa shape index (κ2) is 7.67. The van der Waals surface area contributed by atoms with Crippen LogP contribution >= 0.6 is 11.8 Å². The summed E-state index contributed by atoms with van der Waals surface area (Å²) in [6.45, 7) is 9.91. The third-order valence-electron chi connectivity index (χ3n) is 3.68. The Labute approximate surface area is 165 Å². The number of nitrogens with zero attached hydrogens (tertiary/aromatic N) is 1. The molecule has 1 aromatic heterocycles. The van der Waals surface area contributed by atoms with Crippen LogP contribution < -0.4 is 5.32 Å². The Hall–Kier alpha value is -1.80. The number of anilines is 1. The van der Waals surface area contributed by atoms with Crippen LogP contribution in [0.1, 0.15) is 40.3 Å². The molecule has 0 radical (unpaired) electrons. The van der Waals surface area contributed by atoms with Crippen LogP contribution in [0.3, 0.4) is 0 Å². The van der Waals surface area contributed by atoms with Crippen molar-refractivity contribution in [3.63, 3.8) is 0 Å². The maximum Gasteiger partial charge on any atom is 0.242 e. The number of aromatic nitrogens is 1. The van der Waals surface area contributed by atoms with Crippen molar-refractivity contribution in [2.45, 2.75) is 55.6 Å². The molecule has 1 N–H and O–H groups in total. The average Bonchev–Trinajstić information content (AvgIpc) is 2.91. The second-order valence-corrected chi connectivity index (χ2v) is 11.9. The van der Waals surface area contributed by atoms with Gasteiger partial charge in [-0.15, -0.1) is 11.8 Å². The molecule has 0 fully saturated rings. The minimum Gasteiger partial charge on any atom is -0.338 e. The van der Waals surface area contributed by atoms with E-state index in [0.29, 0.717) is 5.88 Å². The van der Waals surface area contributed by atoms with Gasteiger partial charge >= 0.3 is 0 Å². The number of sulfone groups is 1. The number of amides is 1. The lowest BCUT2D eigenvalue weighted by Crippen LogP contribution is -2.33. The Balaban J connectivity index is 2.04. The first kappa shape index (κ1) is 21.5. The number of hydrogen-bond acceptors (Lipinski definition) is 6. The minimum atomic E-state index is -3.24. The Kier molecular flexibility index (Phi) is 6.11. The fourth-order valence-electron chi connectivity index (χ4n) is 2.36. The Morgan fingerprint density at radius 1 is 1.15 bits per heavy atom. The van der Waals surface area contributed by atoms with E-state index in [1.165, 1.54) is 11.8 Å². The molecule has 8 heteroatoms. The molecule has 0 aliphatic heterocycles. The summed E-state index contributed by atoms with van der Waals surface area (Å²) in [5.41, 5.74) is 0.866. The molecule has 1 heterocycles. The molecule has 0 unspecified atom stereocenters. The number of carbonyl (C=O) groups excluding carboxylic acids is 1. The first-order chi connectivity index (χ1) is 12.3. The maximum atomic E-state index is 12.6. The molecular weight excluding hydrogens is 384 g/mol. The molecule has 0 spiro atoms. The molecule has 6 nitrogen and oxygen atoms in total. The summed E-state index contributed by atoms with van der Waals surface area (Å²) in [6, 6.07) is 8.23. The van der Waals surface area contributed by atoms with Gasteiger partial charge < -0.3 is 4.52 Å². The standard InChI is InChI=1S/C19H26N2O4S2/c1-18(2,3)12-13-11-16(25-21-13)20-17(22)19(4,5)26-14-7-9-15(10-8-14)27(6,23)24/h7-11H,12H2,1-6H3,(H,20,22). The summed E-state index contributed by atoms with van der Waals surface area (Å²) in [7, 11) is -3.24. The van der Waals surface area contributed by atoms with Gasteiger partial charge in [-0.2, -0.15) is 0 Å². The molecule has 2 rings (SSSR count). The van der Waals surface area contributed by atoms with Crippen LogP contribution in [0.25, 0.3) is 0 Å². The monoisotopic (exact) mass is 410 g/mol. The Morgan fingerprint density at radius 3 is 2.26 bits per heavy atom. The normalized spacial score (nSPS) is 12.8. The number of nitrogens with one attached hydrogen (secondary N) is 1. The molecule has 2 aromatic rings. The van der Waals surface area contributed by atoms with E-state index >= 15 is 0 Å². The van der Waals surface area contributed by atoms with Crippen molar-refractivity contribution in [1.82, 2.24) is 5.16 Å². The molecular formula is C19H26N2O4S2. The zero-order valence-electron chi connectivity index (χ0n) is 16.5. The summed E-state index contributed by atoms with van der Waals surface area (Å²) in [6.07, 6.45) is 1.91. The Morgan fingerprint density at radius 2 is 1.74 bits per heavy atom. The van der Waals surface area contributed by atoms with Gasteiger partial charge in [0, 0.05) is 17.2 Å². The molecule has 0 bridgehead atoms. The lowest BCUT2D eigenvalue weighted by molar-refractivity contribution is -0.117. The van der Waals surface area contributed by atoms with E-state index in [9.17, 15) is 13.2 Å². The number of hydrogen-bond donors (Lipinski definition) is 1. The SMILES string of the molecule is CC(C)(C)Cc1cc(NC(=O)C(C)(C)Sc2ccc(S(C)(=O)=O)cc2)on1. The van der Waals surface area contributed by atoms with E-state index in [4.69, 9.17) is 4.52 Å². The highest BCUT2D eigenvalue weighted by molar-refractivity contribution is 8.01. The van der Waals surface area contributed by atoms with Crippen LogP contribution in [0.2, 0.25) is 0 Å². The predicted molar refractivity (Wildman–Crippen MR) is 108 cm³/mol. The molecule has 0 aliphatic carbocycles. The van der Waals surface area contributed by atoms with Crippen LogP contribution in [0, 0.1) is 5.41 Å². The van der Waals surface area contributed by atoms with Gasteiger partial charge in [-0.25, -0.2) is 8.42 Å². The average molecular weight is 411 g/mol. The molecule has 1 amide bonds. The van der Waals surface area contributed by atoms with Gasteiger partial charge in [0.2, 0.25) is 11.8 Å². The second-order valence-electron chi connectivity index (χ2n) is 8.23. The van der Waals surface area contributed by atoms with Crippen molar-refractivity contribution in [3.05, 3.63) is 36.0 Å². The van der Waals surface area contributed by atoms with Gasteiger partial charge in [0.1, 0.15) is 0 Å². The van der Waals surface area contributed by atoms with Crippen LogP contribution in [0.15, 0.2) is 44.6 Å². The van der Waals surface area contributed by atoms with E-state index in [-0.39, 0.29) is 16.2 Å². The summed E-state index contributed by atoms with van der Waals surface area (Å²) in [5, 5.41) is 6.76. The molecule has 1 aromatic carbocycles. The summed E-state index contributed by atoms with van der Waals surface area (Å²) in [4.78, 5) is 13.7. The largest absolute Gasteiger partial charge is 0.338 e. The number of thioether (sulfide) groups is 1. The van der Waals surface area contributed by atoms with Crippen LogP contribution in [0.5, 0.6) is 0 Å². The highest BCUT2D eigenvalue weighted by Gasteiger charge is 2.30. The summed E-state index contributed by atoms with van der Waals surface area (Å²) in [5.74, 6) is 0.0958. The van der Waals surface area contributed by atoms with Gasteiger partial charge in [0.15, 0.2) is 9.84 Å². The highest BCUT2D eigenvalue weighted by atomic mass is 32.2. The molecule has 0 aliphatic rings. The van der Waals surface area contributed by atoms with Gasteiger partial charge in [0.25, 0.3) is 0 Å². The number of rotatable bonds is 6. The third-order valence-corrected chi connectivity index (χ3v) is 6.01. The van der Waals surface area contributed by atoms with Gasteiger partial charge in [-0.3, -0.25) is 10.1 Å². The summed E-state index contributed by atoms with van der Waals surface area (Å²) >= 11 is 1.34. The zero-order valence-corrected chi connectivity index (χ0v) is 18.1. The van der Waals surface area contributed by atoms with Crippen molar-refractivity contribution in [1.29, 1.82) is 0 Å². The maximum absolute atomic E-state index is 12.6. The van der Waals surface area contributed by atoms with E-state index in [0.717, 1.165) is 23.3 Å². The van der Waals surface area contributed by atoms with Gasteiger partial charge in [0.05, 0.1) is 15.3 Å². The quantitative estimate of drug-likeness (QED) is 0.719. The summed E-state index contributed by atoms with van der Waals surface area (Å²) < 4.78 is 27.5. The van der Waals surface area contributed by atoms with Crippen LogP contribution in [-0.2, 0) is 21.1 Å². The number of benzene rings is 1. The van der Waals surface area contributed by atoms with E-state index < -0.39 is 14.6 Å². The van der Waals surface area contributed by atoms with Crippen LogP contribution in [0.4, 0.5) is 5.88 Å². The van der Waals surface area contributed by atoms with Crippen molar-refractivity contribution < 1.29 is 17.7 Å². The third kappa shape index (κ3) is 6.39. The number of carbonyl (C=O) groups is 1. The fraction of sp³-hybridized carbons (Fsp3) is 0.474. The van der Waals surface area contributed by atoms with Crippen molar-refractivity contribution >= 4 is 33.4 Å². The fourth-order valence-corrected chi connectivity index (χ4v) is 3.99. The predicted octanol–water partition coefficient (Wildman–Crippen LogP) is 4.18. The molecule has 148 valence electrons. The van der Waals surface area contributed by atoms with E-state index in [2.05, 4.69) is 31.2 Å². The minimum absolute atomic E-state index is 0.0748. The first-order valence-electron chi connectivity index (χ1n) is 8.52. The van der Waals surface area contributed by atoms with Crippen molar-refractivity contribution in [2.75, 3.05) is 11.6 Å². The zero-order chi connectivity index (χ0) is 20.5. The van der Waals surface area contributed by atoms with Gasteiger partial charge in [-0.1, -0.05) is 25.9 Å². The molecule has 27 heavy (non-hydrogen) atoms. The smallest absolute Gasteiger partial charge is 0.242 e. The topological polar surface area (TPSA) is 89.3 Å². The van der Waals surface area contributed by atoms with Gasteiger partial charge in [-0.05, 0) is 49.9 Å². The first-order valence-corrected chi connectivity index (χ1v) is 11.2. The molecule has 0 atom stereocenters. The Bertz CT molecular complexity index is 908. The van der Waals surface area contributed by atoms with Crippen molar-refractivity contribution in [3.8, 4) is 0 Å². The molecule has 0 saturated heterocycles. The lowest BCUT2D eigenvalue weighted by Gasteiger charge is -2.22. The van der Waals surface area contributed by atoms with E-state index in [1.54, 1.807) is 44.2 Å². The van der Waals surface area contributed by atoms with Crippen molar-refractivity contribution in [2.24, 2.45) is 5.41 Å².